The number of rotatable bonds is 4. The third kappa shape index (κ3) is 3.55. The average molecular weight is 179 g/mol. The molecule has 0 radical (unpaired) electrons. The quantitative estimate of drug-likeness (QED) is 0.655. The smallest absolute Gasteiger partial charge is 0.160 e. The first kappa shape index (κ1) is 10.2. The number of hydrogen-bond donors (Lipinski definition) is 0. The molecule has 0 saturated carbocycles. The highest BCUT2D eigenvalue weighted by molar-refractivity contribution is 5.95. The summed E-state index contributed by atoms with van der Waals surface area (Å²) in [5.41, 5.74) is 0.990. The van der Waals surface area contributed by atoms with Crippen molar-refractivity contribution < 1.29 is 4.79 Å². The number of carbonyl (C=O) groups excluding carboxylic acids is 1. The number of Topliss-reactive ketones (excluding diaryl/α,β-unsaturated/α-hetero) is 1. The van der Waals surface area contributed by atoms with E-state index in [2.05, 4.69) is 6.08 Å². The van der Waals surface area contributed by atoms with E-state index < -0.39 is 0 Å². The minimum absolute atomic E-state index is 0.304. The maximum absolute atomic E-state index is 11.6. The summed E-state index contributed by atoms with van der Waals surface area (Å²) in [4.78, 5) is 13.6. The molecule has 72 valence electrons. The van der Waals surface area contributed by atoms with E-state index in [0.717, 1.165) is 25.0 Å². The van der Waals surface area contributed by atoms with Crippen molar-refractivity contribution in [3.63, 3.8) is 0 Å². The molecule has 0 amide bonds. The summed E-state index contributed by atoms with van der Waals surface area (Å²) in [5.74, 6) is 0.304. The summed E-state index contributed by atoms with van der Waals surface area (Å²) >= 11 is 0. The molecule has 0 fully saturated rings. The molecule has 0 saturated heterocycles. The van der Waals surface area contributed by atoms with Gasteiger partial charge in [0.15, 0.2) is 5.78 Å². The number of hydrogen-bond acceptors (Lipinski definition) is 2. The van der Waals surface area contributed by atoms with Gasteiger partial charge >= 0.3 is 0 Å². The van der Waals surface area contributed by atoms with Gasteiger partial charge in [0, 0.05) is 13.0 Å². The van der Waals surface area contributed by atoms with Gasteiger partial charge in [0.1, 0.15) is 0 Å². The molecule has 13 heavy (non-hydrogen) atoms. The normalized spacial score (nSPS) is 16.1. The summed E-state index contributed by atoms with van der Waals surface area (Å²) in [5, 5.41) is 0. The maximum Gasteiger partial charge on any atom is 0.160 e. The molecule has 0 aromatic rings. The minimum atomic E-state index is 0.304. The summed E-state index contributed by atoms with van der Waals surface area (Å²) in [6.07, 6.45) is 8.60. The fourth-order valence-electron chi connectivity index (χ4n) is 1.32. The molecule has 1 aliphatic carbocycles. The SMILES string of the molecule is CN(C)CCC(=O)C1=CC=CCC1. The van der Waals surface area contributed by atoms with Gasteiger partial charge in [-0.25, -0.2) is 0 Å². The Morgan fingerprint density at radius 1 is 1.54 bits per heavy atom. The Morgan fingerprint density at radius 2 is 2.31 bits per heavy atom. The number of ketones is 1. The summed E-state index contributed by atoms with van der Waals surface area (Å²) in [7, 11) is 3.98. The number of carbonyl (C=O) groups is 1. The van der Waals surface area contributed by atoms with Crippen molar-refractivity contribution >= 4 is 5.78 Å². The van der Waals surface area contributed by atoms with Gasteiger partial charge < -0.3 is 4.90 Å². The third-order valence-electron chi connectivity index (χ3n) is 2.16. The summed E-state index contributed by atoms with van der Waals surface area (Å²) < 4.78 is 0. The fraction of sp³-hybridized carbons (Fsp3) is 0.545. The van der Waals surface area contributed by atoms with Crippen molar-refractivity contribution in [2.75, 3.05) is 20.6 Å². The molecule has 1 aliphatic rings. The van der Waals surface area contributed by atoms with Gasteiger partial charge in [0.05, 0.1) is 0 Å². The van der Waals surface area contributed by atoms with Crippen LogP contribution in [0.4, 0.5) is 0 Å². The van der Waals surface area contributed by atoms with Crippen LogP contribution in [0.2, 0.25) is 0 Å². The molecule has 0 aliphatic heterocycles. The van der Waals surface area contributed by atoms with Crippen LogP contribution in [0.25, 0.3) is 0 Å². The third-order valence-corrected chi connectivity index (χ3v) is 2.16. The van der Waals surface area contributed by atoms with Crippen molar-refractivity contribution in [3.05, 3.63) is 23.8 Å². The van der Waals surface area contributed by atoms with Crippen molar-refractivity contribution in [3.8, 4) is 0 Å². The van der Waals surface area contributed by atoms with Crippen molar-refractivity contribution in [2.24, 2.45) is 0 Å². The van der Waals surface area contributed by atoms with Crippen LogP contribution in [0.15, 0.2) is 23.8 Å². The Balaban J connectivity index is 2.38. The van der Waals surface area contributed by atoms with Crippen molar-refractivity contribution in [1.29, 1.82) is 0 Å². The zero-order chi connectivity index (χ0) is 9.68. The molecule has 0 bridgehead atoms. The standard InChI is InChI=1S/C11H17NO/c1-12(2)9-8-11(13)10-6-4-3-5-7-10/h3-4,6H,5,7-9H2,1-2H3. The predicted octanol–water partition coefficient (Wildman–Crippen LogP) is 1.78. The molecule has 0 aromatic carbocycles. The van der Waals surface area contributed by atoms with Crippen LogP contribution >= 0.6 is 0 Å². The largest absolute Gasteiger partial charge is 0.309 e. The van der Waals surface area contributed by atoms with Crippen LogP contribution in [0, 0.1) is 0 Å². The van der Waals surface area contributed by atoms with Crippen molar-refractivity contribution in [1.82, 2.24) is 4.90 Å². The van der Waals surface area contributed by atoms with Gasteiger partial charge in [0.2, 0.25) is 0 Å². The first-order valence-corrected chi connectivity index (χ1v) is 4.74. The van der Waals surface area contributed by atoms with Crippen LogP contribution in [-0.4, -0.2) is 31.3 Å². The van der Waals surface area contributed by atoms with E-state index >= 15 is 0 Å². The van der Waals surface area contributed by atoms with Gasteiger partial charge in [0.25, 0.3) is 0 Å². The summed E-state index contributed by atoms with van der Waals surface area (Å²) in [6.45, 7) is 0.847. The van der Waals surface area contributed by atoms with E-state index in [0.29, 0.717) is 12.2 Å². The second-order valence-electron chi connectivity index (χ2n) is 3.64. The lowest BCUT2D eigenvalue weighted by molar-refractivity contribution is -0.115. The monoisotopic (exact) mass is 179 g/mol. The van der Waals surface area contributed by atoms with Gasteiger partial charge in [-0.3, -0.25) is 4.79 Å². The molecule has 0 atom stereocenters. The predicted molar refractivity (Wildman–Crippen MR) is 54.6 cm³/mol. The van der Waals surface area contributed by atoms with Gasteiger partial charge in [-0.2, -0.15) is 0 Å². The van der Waals surface area contributed by atoms with E-state index in [1.165, 1.54) is 0 Å². The summed E-state index contributed by atoms with van der Waals surface area (Å²) in [6, 6.07) is 0. The van der Waals surface area contributed by atoms with Gasteiger partial charge in [-0.05, 0) is 32.5 Å². The van der Waals surface area contributed by atoms with Crippen LogP contribution in [-0.2, 0) is 4.79 Å². The molecule has 2 heteroatoms. The molecule has 2 nitrogen and oxygen atoms in total. The second kappa shape index (κ2) is 4.97. The van der Waals surface area contributed by atoms with Gasteiger partial charge in [-0.15, -0.1) is 0 Å². The molecule has 0 aromatic heterocycles. The van der Waals surface area contributed by atoms with Crippen molar-refractivity contribution in [2.45, 2.75) is 19.3 Å². The Labute approximate surface area is 79.9 Å². The average Bonchev–Trinajstić information content (AvgIpc) is 2.15. The molecule has 0 heterocycles. The lowest BCUT2D eigenvalue weighted by Gasteiger charge is -2.11. The lowest BCUT2D eigenvalue weighted by Crippen LogP contribution is -2.17. The highest BCUT2D eigenvalue weighted by Gasteiger charge is 2.09. The molecular weight excluding hydrogens is 162 g/mol. The Kier molecular flexibility index (Phi) is 3.90. The number of nitrogens with zero attached hydrogens (tertiary/aromatic N) is 1. The van der Waals surface area contributed by atoms with E-state index in [9.17, 15) is 4.79 Å². The first-order valence-electron chi connectivity index (χ1n) is 4.74. The van der Waals surface area contributed by atoms with Crippen LogP contribution in [0.5, 0.6) is 0 Å². The van der Waals surface area contributed by atoms with Gasteiger partial charge in [-0.1, -0.05) is 18.2 Å². The van der Waals surface area contributed by atoms with E-state index in [1.807, 2.05) is 31.1 Å². The van der Waals surface area contributed by atoms with E-state index in [4.69, 9.17) is 0 Å². The topological polar surface area (TPSA) is 20.3 Å². The Bertz CT molecular complexity index is 238. The zero-order valence-corrected chi connectivity index (χ0v) is 8.42. The second-order valence-corrected chi connectivity index (χ2v) is 3.64. The molecule has 0 N–H and O–H groups in total. The lowest BCUT2D eigenvalue weighted by atomic mass is 9.99. The van der Waals surface area contributed by atoms with Crippen LogP contribution < -0.4 is 0 Å². The molecular formula is C11H17NO. The first-order chi connectivity index (χ1) is 6.20. The highest BCUT2D eigenvalue weighted by Crippen LogP contribution is 2.13. The molecule has 1 rings (SSSR count). The molecule has 0 spiro atoms. The highest BCUT2D eigenvalue weighted by atomic mass is 16.1. The zero-order valence-electron chi connectivity index (χ0n) is 8.42. The maximum atomic E-state index is 11.6. The minimum Gasteiger partial charge on any atom is -0.309 e. The Hall–Kier alpha value is -0.890. The fourth-order valence-corrected chi connectivity index (χ4v) is 1.32. The molecule has 0 unspecified atom stereocenters. The van der Waals surface area contributed by atoms with E-state index in [-0.39, 0.29) is 0 Å². The van der Waals surface area contributed by atoms with Crippen LogP contribution in [0.1, 0.15) is 19.3 Å². The van der Waals surface area contributed by atoms with E-state index in [1.54, 1.807) is 0 Å². The Morgan fingerprint density at radius 3 is 2.85 bits per heavy atom. The van der Waals surface area contributed by atoms with Crippen LogP contribution in [0.3, 0.4) is 0 Å². The number of allylic oxidation sites excluding steroid dienone is 4.